The van der Waals surface area contributed by atoms with Crippen molar-refractivity contribution in [2.24, 2.45) is 0 Å². The van der Waals surface area contributed by atoms with Crippen LogP contribution >= 0.6 is 0 Å². The van der Waals surface area contributed by atoms with Crippen molar-refractivity contribution in [1.29, 1.82) is 5.26 Å². The van der Waals surface area contributed by atoms with Crippen LogP contribution in [0, 0.1) is 11.3 Å². The number of alkyl halides is 3. The zero-order valence-electron chi connectivity index (χ0n) is 14.7. The van der Waals surface area contributed by atoms with Crippen molar-refractivity contribution in [1.82, 2.24) is 20.0 Å². The predicted octanol–water partition coefficient (Wildman–Crippen LogP) is 3.62. The van der Waals surface area contributed by atoms with E-state index >= 15 is 0 Å². The highest BCUT2D eigenvalue weighted by atomic mass is 19.3. The molecular formula is C18H15BF3N5. The van der Waals surface area contributed by atoms with Gasteiger partial charge in [-0.2, -0.15) is 15.6 Å². The summed E-state index contributed by atoms with van der Waals surface area (Å²) in [7, 11) is 5.48. The van der Waals surface area contributed by atoms with E-state index in [9.17, 15) is 13.2 Å². The molecule has 136 valence electrons. The van der Waals surface area contributed by atoms with Gasteiger partial charge >= 0.3 is 0 Å². The van der Waals surface area contributed by atoms with E-state index < -0.39 is 11.5 Å². The Balaban J connectivity index is 2.05. The summed E-state index contributed by atoms with van der Waals surface area (Å²) in [5.74, 6) is -3.14. The first-order valence-electron chi connectivity index (χ1n) is 8.06. The molecule has 0 bridgehead atoms. The monoisotopic (exact) mass is 369 g/mol. The molecule has 0 amide bonds. The first-order chi connectivity index (χ1) is 12.6. The van der Waals surface area contributed by atoms with Crippen LogP contribution in [0.15, 0.2) is 36.5 Å². The molecule has 9 heteroatoms. The number of halogens is 3. The van der Waals surface area contributed by atoms with Gasteiger partial charge in [-0.3, -0.25) is 4.39 Å². The summed E-state index contributed by atoms with van der Waals surface area (Å²) in [4.78, 5) is 0. The third kappa shape index (κ3) is 3.89. The second kappa shape index (κ2) is 6.61. The lowest BCUT2D eigenvalue weighted by molar-refractivity contribution is 0.0172. The Morgan fingerprint density at radius 3 is 2.52 bits per heavy atom. The van der Waals surface area contributed by atoms with Crippen molar-refractivity contribution in [2.45, 2.75) is 31.9 Å². The third-order valence-corrected chi connectivity index (χ3v) is 4.14. The highest BCUT2D eigenvalue weighted by Crippen LogP contribution is 2.33. The minimum Gasteiger partial charge on any atom is -0.342 e. The largest absolute Gasteiger partial charge is 0.342 e. The summed E-state index contributed by atoms with van der Waals surface area (Å²) in [6.45, 7) is 2.02. The summed E-state index contributed by atoms with van der Waals surface area (Å²) >= 11 is 0. The van der Waals surface area contributed by atoms with Gasteiger partial charge in [0, 0.05) is 25.2 Å². The summed E-state index contributed by atoms with van der Waals surface area (Å²) < 4.78 is 43.6. The topological polar surface area (TPSA) is 70.3 Å². The summed E-state index contributed by atoms with van der Waals surface area (Å²) in [6.07, 6.45) is 1.71. The van der Waals surface area contributed by atoms with Gasteiger partial charge in [0.05, 0.1) is 11.3 Å². The van der Waals surface area contributed by atoms with Gasteiger partial charge < -0.3 is 4.57 Å². The fourth-order valence-corrected chi connectivity index (χ4v) is 2.77. The number of nitrogens with zero attached hydrogens (tertiary/aromatic N) is 4. The van der Waals surface area contributed by atoms with Gasteiger partial charge in [-0.05, 0) is 42.3 Å². The Labute approximate surface area is 155 Å². The maximum atomic E-state index is 14.2. The SMILES string of the molecule is [B]C(C)(F)c1cc(Cn2cccc2-c2n[nH]nc2C#N)cc(C(C)(F)F)c1. The van der Waals surface area contributed by atoms with E-state index in [4.69, 9.17) is 13.1 Å². The van der Waals surface area contributed by atoms with Gasteiger partial charge in [0.25, 0.3) is 5.92 Å². The number of benzene rings is 1. The van der Waals surface area contributed by atoms with Gasteiger partial charge in [0.15, 0.2) is 5.69 Å². The van der Waals surface area contributed by atoms with Crippen LogP contribution in [0.3, 0.4) is 0 Å². The molecule has 0 aliphatic carbocycles. The molecule has 3 rings (SSSR count). The lowest BCUT2D eigenvalue weighted by Gasteiger charge is -2.21. The molecule has 1 unspecified atom stereocenters. The number of aromatic amines is 1. The molecule has 2 heterocycles. The zero-order valence-corrected chi connectivity index (χ0v) is 14.7. The molecule has 2 radical (unpaired) electrons. The molecule has 1 atom stereocenters. The maximum Gasteiger partial charge on any atom is 0.270 e. The standard InChI is InChI=1S/C18H15BF3N5/c1-17(19,20)12-6-11(7-13(8-12)18(2,21)22)10-27-5-3-4-15(27)16-14(9-23)24-26-25-16/h3-8H,10H2,1-2H3,(H,24,25,26). The van der Waals surface area contributed by atoms with E-state index in [0.29, 0.717) is 17.0 Å². The number of nitrogens with one attached hydrogen (secondary N) is 1. The number of hydrogen-bond donors (Lipinski definition) is 1. The van der Waals surface area contributed by atoms with Gasteiger partial charge in [0.1, 0.15) is 19.6 Å². The van der Waals surface area contributed by atoms with E-state index in [1.54, 1.807) is 22.9 Å². The van der Waals surface area contributed by atoms with Crippen LogP contribution in [0.4, 0.5) is 13.2 Å². The van der Waals surface area contributed by atoms with Gasteiger partial charge in [-0.15, -0.1) is 5.10 Å². The Hall–Kier alpha value is -3.02. The van der Waals surface area contributed by atoms with E-state index in [0.717, 1.165) is 19.9 Å². The van der Waals surface area contributed by atoms with Crippen LogP contribution < -0.4 is 0 Å². The molecule has 1 aromatic carbocycles. The number of H-pyrrole nitrogens is 1. The molecule has 3 aromatic rings. The molecular weight excluding hydrogens is 354 g/mol. The highest BCUT2D eigenvalue weighted by molar-refractivity contribution is 6.14. The zero-order chi connectivity index (χ0) is 19.8. The smallest absolute Gasteiger partial charge is 0.270 e. The molecule has 0 fully saturated rings. The van der Waals surface area contributed by atoms with E-state index in [2.05, 4.69) is 15.4 Å². The number of nitriles is 1. The first-order valence-corrected chi connectivity index (χ1v) is 8.06. The summed E-state index contributed by atoms with van der Waals surface area (Å²) in [5, 5.41) is 19.2. The van der Waals surface area contributed by atoms with Crippen molar-refractivity contribution >= 4 is 7.85 Å². The molecule has 2 aromatic heterocycles. The lowest BCUT2D eigenvalue weighted by atomic mass is 9.78. The van der Waals surface area contributed by atoms with Crippen molar-refractivity contribution in [2.75, 3.05) is 0 Å². The van der Waals surface area contributed by atoms with Gasteiger partial charge in [-0.1, -0.05) is 6.07 Å². The normalized spacial score (nSPS) is 13.9. The number of aromatic nitrogens is 4. The van der Waals surface area contributed by atoms with E-state index in [-0.39, 0.29) is 23.4 Å². The van der Waals surface area contributed by atoms with Crippen LogP contribution in [0.2, 0.25) is 0 Å². The lowest BCUT2D eigenvalue weighted by Crippen LogP contribution is -2.18. The van der Waals surface area contributed by atoms with Crippen molar-refractivity contribution < 1.29 is 13.2 Å². The average molecular weight is 369 g/mol. The second-order valence-electron chi connectivity index (χ2n) is 6.54. The number of hydrogen-bond acceptors (Lipinski definition) is 3. The summed E-state index contributed by atoms with van der Waals surface area (Å²) in [6, 6.07) is 9.22. The van der Waals surface area contributed by atoms with E-state index in [1.807, 2.05) is 6.07 Å². The van der Waals surface area contributed by atoms with Crippen molar-refractivity contribution in [3.8, 4) is 17.5 Å². The third-order valence-electron chi connectivity index (χ3n) is 4.14. The van der Waals surface area contributed by atoms with Crippen molar-refractivity contribution in [3.63, 3.8) is 0 Å². The first kappa shape index (κ1) is 18.8. The van der Waals surface area contributed by atoms with E-state index in [1.165, 1.54) is 12.1 Å². The molecule has 27 heavy (non-hydrogen) atoms. The van der Waals surface area contributed by atoms with Crippen LogP contribution in [-0.4, -0.2) is 27.8 Å². The minimum absolute atomic E-state index is 0.0376. The number of rotatable bonds is 5. The second-order valence-corrected chi connectivity index (χ2v) is 6.54. The molecule has 0 saturated heterocycles. The molecule has 5 nitrogen and oxygen atoms in total. The fourth-order valence-electron chi connectivity index (χ4n) is 2.77. The average Bonchev–Trinajstić information content (AvgIpc) is 3.21. The molecule has 0 aliphatic rings. The van der Waals surface area contributed by atoms with Crippen LogP contribution in [0.5, 0.6) is 0 Å². The Kier molecular flexibility index (Phi) is 4.60. The molecule has 0 saturated carbocycles. The summed E-state index contributed by atoms with van der Waals surface area (Å²) in [5.41, 5.74) is -1.14. The Morgan fingerprint density at radius 1 is 1.19 bits per heavy atom. The maximum absolute atomic E-state index is 14.2. The fraction of sp³-hybridized carbons (Fsp3) is 0.278. The Bertz CT molecular complexity index is 973. The van der Waals surface area contributed by atoms with Crippen LogP contribution in [0.1, 0.15) is 36.2 Å². The quantitative estimate of drug-likeness (QED) is 0.699. The van der Waals surface area contributed by atoms with Gasteiger partial charge in [0.2, 0.25) is 0 Å². The predicted molar refractivity (Wildman–Crippen MR) is 93.8 cm³/mol. The minimum atomic E-state index is -3.14. The van der Waals surface area contributed by atoms with Crippen LogP contribution in [0.25, 0.3) is 11.4 Å². The highest BCUT2D eigenvalue weighted by Gasteiger charge is 2.28. The van der Waals surface area contributed by atoms with Crippen molar-refractivity contribution in [3.05, 3.63) is 58.9 Å². The van der Waals surface area contributed by atoms with Gasteiger partial charge in [-0.25, -0.2) is 8.78 Å². The Morgan fingerprint density at radius 2 is 1.89 bits per heavy atom. The molecule has 0 aliphatic heterocycles. The molecule has 0 spiro atoms. The van der Waals surface area contributed by atoms with Crippen LogP contribution in [-0.2, 0) is 18.0 Å². The molecule has 1 N–H and O–H groups in total.